The molecule has 0 fully saturated rings. The molecule has 0 atom stereocenters. The number of nitrogens with one attached hydrogen (secondary N) is 1. The molecule has 0 unspecified atom stereocenters. The summed E-state index contributed by atoms with van der Waals surface area (Å²) in [5.41, 5.74) is 1.97. The minimum atomic E-state index is 0.271. The highest BCUT2D eigenvalue weighted by Crippen LogP contribution is 2.33. The van der Waals surface area contributed by atoms with Crippen molar-refractivity contribution in [2.75, 3.05) is 0 Å². The number of rotatable bonds is 2. The standard InChI is InChI=1S/C16H10ClN3S/c17-16-19-13-8-4-2-6-11(13)15(20-16)21-14-9-10-5-1-3-7-12(10)18-14/h1-9,18H. The van der Waals surface area contributed by atoms with E-state index < -0.39 is 0 Å². The van der Waals surface area contributed by atoms with Crippen molar-refractivity contribution in [2.24, 2.45) is 0 Å². The molecule has 102 valence electrons. The fraction of sp³-hybridized carbons (Fsp3) is 0. The van der Waals surface area contributed by atoms with Gasteiger partial charge >= 0.3 is 0 Å². The van der Waals surface area contributed by atoms with Gasteiger partial charge in [-0.25, -0.2) is 9.97 Å². The number of para-hydroxylation sites is 2. The summed E-state index contributed by atoms with van der Waals surface area (Å²) in [6, 6.07) is 18.2. The zero-order chi connectivity index (χ0) is 14.2. The molecule has 0 bridgehead atoms. The van der Waals surface area contributed by atoms with Crippen LogP contribution in [0.5, 0.6) is 0 Å². The van der Waals surface area contributed by atoms with Crippen LogP contribution in [0.25, 0.3) is 21.8 Å². The number of aromatic amines is 1. The van der Waals surface area contributed by atoms with E-state index in [4.69, 9.17) is 11.6 Å². The molecule has 0 saturated heterocycles. The summed E-state index contributed by atoms with van der Waals surface area (Å²) in [6.45, 7) is 0. The summed E-state index contributed by atoms with van der Waals surface area (Å²) >= 11 is 7.59. The van der Waals surface area contributed by atoms with Gasteiger partial charge in [0.15, 0.2) is 0 Å². The number of H-pyrrole nitrogens is 1. The Labute approximate surface area is 130 Å². The van der Waals surface area contributed by atoms with Crippen LogP contribution in [-0.4, -0.2) is 15.0 Å². The van der Waals surface area contributed by atoms with Crippen LogP contribution >= 0.6 is 23.4 Å². The van der Waals surface area contributed by atoms with E-state index in [1.54, 1.807) is 11.8 Å². The first-order valence-corrected chi connectivity index (χ1v) is 7.67. The van der Waals surface area contributed by atoms with E-state index in [-0.39, 0.29) is 5.28 Å². The molecule has 0 amide bonds. The third-order valence-corrected chi connectivity index (χ3v) is 4.37. The monoisotopic (exact) mass is 311 g/mol. The van der Waals surface area contributed by atoms with E-state index in [0.717, 1.165) is 26.5 Å². The van der Waals surface area contributed by atoms with Crippen LogP contribution < -0.4 is 0 Å². The Morgan fingerprint density at radius 2 is 1.76 bits per heavy atom. The molecule has 2 heterocycles. The number of nitrogens with zero attached hydrogens (tertiary/aromatic N) is 2. The van der Waals surface area contributed by atoms with Gasteiger partial charge in [-0.3, -0.25) is 0 Å². The van der Waals surface area contributed by atoms with Crippen LogP contribution in [0.15, 0.2) is 64.6 Å². The van der Waals surface area contributed by atoms with Crippen molar-refractivity contribution in [3.05, 3.63) is 59.9 Å². The van der Waals surface area contributed by atoms with Gasteiger partial charge < -0.3 is 4.98 Å². The first-order valence-electron chi connectivity index (χ1n) is 6.47. The zero-order valence-corrected chi connectivity index (χ0v) is 12.4. The van der Waals surface area contributed by atoms with E-state index >= 15 is 0 Å². The first-order chi connectivity index (χ1) is 10.3. The summed E-state index contributed by atoms with van der Waals surface area (Å²) in [5.74, 6) is 0. The molecule has 21 heavy (non-hydrogen) atoms. The highest BCUT2D eigenvalue weighted by Gasteiger charge is 2.09. The van der Waals surface area contributed by atoms with Gasteiger partial charge in [0.2, 0.25) is 5.28 Å². The normalized spacial score (nSPS) is 11.3. The number of fused-ring (bicyclic) bond motifs is 2. The summed E-state index contributed by atoms with van der Waals surface area (Å²) in [7, 11) is 0. The van der Waals surface area contributed by atoms with Crippen molar-refractivity contribution in [3.63, 3.8) is 0 Å². The smallest absolute Gasteiger partial charge is 0.224 e. The molecule has 1 N–H and O–H groups in total. The average Bonchev–Trinajstić information content (AvgIpc) is 2.89. The number of aromatic nitrogens is 3. The van der Waals surface area contributed by atoms with E-state index in [0.29, 0.717) is 0 Å². The Bertz CT molecular complexity index is 915. The second-order valence-corrected chi connectivity index (χ2v) is 6.01. The lowest BCUT2D eigenvalue weighted by Crippen LogP contribution is -1.89. The molecule has 4 rings (SSSR count). The fourth-order valence-electron chi connectivity index (χ4n) is 2.30. The molecule has 4 aromatic rings. The number of hydrogen-bond acceptors (Lipinski definition) is 3. The number of halogens is 1. The maximum atomic E-state index is 6.02. The van der Waals surface area contributed by atoms with Gasteiger partial charge in [-0.15, -0.1) is 0 Å². The maximum Gasteiger partial charge on any atom is 0.224 e. The number of hydrogen-bond donors (Lipinski definition) is 1. The minimum Gasteiger partial charge on any atom is -0.349 e. The molecule has 0 saturated carbocycles. The van der Waals surface area contributed by atoms with Crippen molar-refractivity contribution in [3.8, 4) is 0 Å². The van der Waals surface area contributed by atoms with Crippen molar-refractivity contribution in [2.45, 2.75) is 10.1 Å². The lowest BCUT2D eigenvalue weighted by molar-refractivity contribution is 1.09. The van der Waals surface area contributed by atoms with Crippen LogP contribution in [-0.2, 0) is 0 Å². The molecule has 3 nitrogen and oxygen atoms in total. The highest BCUT2D eigenvalue weighted by molar-refractivity contribution is 7.99. The van der Waals surface area contributed by atoms with Gasteiger partial charge in [-0.05, 0) is 29.8 Å². The summed E-state index contributed by atoms with van der Waals surface area (Å²) in [5, 5.41) is 4.36. The summed E-state index contributed by atoms with van der Waals surface area (Å²) in [4.78, 5) is 12.0. The van der Waals surface area contributed by atoms with Gasteiger partial charge in [0.05, 0.1) is 10.5 Å². The summed E-state index contributed by atoms with van der Waals surface area (Å²) in [6.07, 6.45) is 0. The predicted molar refractivity (Wildman–Crippen MR) is 87.0 cm³/mol. The van der Waals surface area contributed by atoms with Gasteiger partial charge in [0, 0.05) is 16.3 Å². The second kappa shape index (κ2) is 5.06. The van der Waals surface area contributed by atoms with E-state index in [1.807, 2.05) is 36.4 Å². The maximum absolute atomic E-state index is 6.02. The molecule has 0 radical (unpaired) electrons. The molecular weight excluding hydrogens is 302 g/mol. The molecule has 0 spiro atoms. The van der Waals surface area contributed by atoms with Crippen molar-refractivity contribution < 1.29 is 0 Å². The SMILES string of the molecule is Clc1nc(Sc2cc3ccccc3[nH]2)c2ccccc2n1. The molecule has 5 heteroatoms. The fourth-order valence-corrected chi connectivity index (χ4v) is 3.50. The molecule has 0 aliphatic rings. The predicted octanol–water partition coefficient (Wildman–Crippen LogP) is 4.92. The van der Waals surface area contributed by atoms with Crippen LogP contribution in [0.3, 0.4) is 0 Å². The largest absolute Gasteiger partial charge is 0.349 e. The molecule has 0 aliphatic heterocycles. The van der Waals surface area contributed by atoms with Crippen LogP contribution in [0, 0.1) is 0 Å². The van der Waals surface area contributed by atoms with Gasteiger partial charge in [-0.2, -0.15) is 0 Å². The zero-order valence-electron chi connectivity index (χ0n) is 10.9. The summed E-state index contributed by atoms with van der Waals surface area (Å²) < 4.78 is 0. The van der Waals surface area contributed by atoms with Crippen molar-refractivity contribution >= 4 is 45.2 Å². The van der Waals surface area contributed by atoms with Crippen LogP contribution in [0.2, 0.25) is 5.28 Å². The Morgan fingerprint density at radius 1 is 0.952 bits per heavy atom. The molecule has 2 aromatic heterocycles. The van der Waals surface area contributed by atoms with Gasteiger partial charge in [0.25, 0.3) is 0 Å². The van der Waals surface area contributed by atoms with E-state index in [2.05, 4.69) is 33.2 Å². The molecule has 0 aliphatic carbocycles. The highest BCUT2D eigenvalue weighted by atomic mass is 35.5. The van der Waals surface area contributed by atoms with E-state index in [9.17, 15) is 0 Å². The third-order valence-electron chi connectivity index (χ3n) is 3.25. The first kappa shape index (κ1) is 12.7. The van der Waals surface area contributed by atoms with E-state index in [1.165, 1.54) is 5.39 Å². The Balaban J connectivity index is 1.83. The quantitative estimate of drug-likeness (QED) is 0.422. The Hall–Kier alpha value is -2.04. The lowest BCUT2D eigenvalue weighted by Gasteiger charge is -2.04. The topological polar surface area (TPSA) is 41.6 Å². The van der Waals surface area contributed by atoms with Crippen molar-refractivity contribution in [1.82, 2.24) is 15.0 Å². The van der Waals surface area contributed by atoms with Crippen molar-refractivity contribution in [1.29, 1.82) is 0 Å². The molecular formula is C16H10ClN3S. The lowest BCUT2D eigenvalue weighted by atomic mass is 10.2. The number of benzene rings is 2. The van der Waals surface area contributed by atoms with Crippen LogP contribution in [0.4, 0.5) is 0 Å². The van der Waals surface area contributed by atoms with Gasteiger partial charge in [-0.1, -0.05) is 48.2 Å². The minimum absolute atomic E-state index is 0.271. The average molecular weight is 312 g/mol. The Morgan fingerprint density at radius 3 is 2.67 bits per heavy atom. The molecule has 2 aromatic carbocycles. The van der Waals surface area contributed by atoms with Crippen LogP contribution in [0.1, 0.15) is 0 Å². The third kappa shape index (κ3) is 2.37. The Kier molecular flexibility index (Phi) is 3.05. The second-order valence-electron chi connectivity index (χ2n) is 4.64. The van der Waals surface area contributed by atoms with Gasteiger partial charge in [0.1, 0.15) is 5.03 Å².